The standard InChI is InChI=1S/C17H12Cl3N/c18-14-8-15(19)17(16(20)9-14)21-10-11-5-6-12-3-1-2-4-13(12)7-11/h1-9,21H,10H2. The first-order valence-corrected chi connectivity index (χ1v) is 7.63. The Morgan fingerprint density at radius 2 is 1.43 bits per heavy atom. The molecule has 0 spiro atoms. The molecule has 106 valence electrons. The Morgan fingerprint density at radius 1 is 0.762 bits per heavy atom. The minimum absolute atomic E-state index is 0.522. The summed E-state index contributed by atoms with van der Waals surface area (Å²) in [5.41, 5.74) is 1.87. The Kier molecular flexibility index (Phi) is 4.25. The van der Waals surface area contributed by atoms with Gasteiger partial charge in [0.25, 0.3) is 0 Å². The van der Waals surface area contributed by atoms with Crippen molar-refractivity contribution in [3.05, 3.63) is 75.2 Å². The Hall–Kier alpha value is -1.41. The predicted octanol–water partition coefficient (Wildman–Crippen LogP) is 6.41. The lowest BCUT2D eigenvalue weighted by molar-refractivity contribution is 1.16. The molecule has 0 aliphatic carbocycles. The highest BCUT2D eigenvalue weighted by atomic mass is 35.5. The van der Waals surface area contributed by atoms with E-state index < -0.39 is 0 Å². The summed E-state index contributed by atoms with van der Waals surface area (Å²) in [7, 11) is 0. The Bertz CT molecular complexity index is 776. The van der Waals surface area contributed by atoms with Crippen LogP contribution in [0.2, 0.25) is 15.1 Å². The second-order valence-electron chi connectivity index (χ2n) is 4.78. The second-order valence-corrected chi connectivity index (χ2v) is 6.03. The number of halogens is 3. The van der Waals surface area contributed by atoms with Gasteiger partial charge in [-0.15, -0.1) is 0 Å². The summed E-state index contributed by atoms with van der Waals surface area (Å²) in [4.78, 5) is 0. The van der Waals surface area contributed by atoms with Gasteiger partial charge in [0, 0.05) is 11.6 Å². The number of benzene rings is 3. The molecule has 0 amide bonds. The molecule has 0 saturated carbocycles. The molecule has 0 fully saturated rings. The molecule has 0 saturated heterocycles. The molecule has 0 unspecified atom stereocenters. The van der Waals surface area contributed by atoms with E-state index in [0.717, 1.165) is 5.56 Å². The maximum atomic E-state index is 6.16. The van der Waals surface area contributed by atoms with Gasteiger partial charge in [-0.2, -0.15) is 0 Å². The van der Waals surface area contributed by atoms with Gasteiger partial charge in [-0.25, -0.2) is 0 Å². The average molecular weight is 337 g/mol. The molecule has 21 heavy (non-hydrogen) atoms. The Balaban J connectivity index is 1.83. The number of rotatable bonds is 3. The van der Waals surface area contributed by atoms with Gasteiger partial charge in [-0.1, -0.05) is 71.2 Å². The fraction of sp³-hybridized carbons (Fsp3) is 0.0588. The van der Waals surface area contributed by atoms with Gasteiger partial charge in [0.15, 0.2) is 0 Å². The quantitative estimate of drug-likeness (QED) is 0.582. The van der Waals surface area contributed by atoms with Gasteiger partial charge in [-0.05, 0) is 34.5 Å². The van der Waals surface area contributed by atoms with E-state index in [9.17, 15) is 0 Å². The largest absolute Gasteiger partial charge is 0.379 e. The van der Waals surface area contributed by atoms with Gasteiger partial charge in [-0.3, -0.25) is 0 Å². The SMILES string of the molecule is Clc1cc(Cl)c(NCc2ccc3ccccc3c2)c(Cl)c1. The first-order valence-electron chi connectivity index (χ1n) is 6.49. The van der Waals surface area contributed by atoms with Crippen LogP contribution < -0.4 is 5.32 Å². The third kappa shape index (κ3) is 3.26. The van der Waals surface area contributed by atoms with E-state index >= 15 is 0 Å². The molecule has 3 rings (SSSR count). The van der Waals surface area contributed by atoms with Crippen molar-refractivity contribution in [1.29, 1.82) is 0 Å². The van der Waals surface area contributed by atoms with Crippen LogP contribution in [0.25, 0.3) is 10.8 Å². The number of hydrogen-bond acceptors (Lipinski definition) is 1. The maximum absolute atomic E-state index is 6.16. The van der Waals surface area contributed by atoms with E-state index in [1.807, 2.05) is 12.1 Å². The third-order valence-corrected chi connectivity index (χ3v) is 4.10. The van der Waals surface area contributed by atoms with Crippen LogP contribution in [0.5, 0.6) is 0 Å². The average Bonchev–Trinajstić information content (AvgIpc) is 2.46. The molecule has 0 radical (unpaired) electrons. The summed E-state index contributed by atoms with van der Waals surface area (Å²) in [6, 6.07) is 18.0. The number of fused-ring (bicyclic) bond motifs is 1. The van der Waals surface area contributed by atoms with Crippen molar-refractivity contribution in [2.45, 2.75) is 6.54 Å². The van der Waals surface area contributed by atoms with Crippen molar-refractivity contribution < 1.29 is 0 Å². The maximum Gasteiger partial charge on any atom is 0.0722 e. The zero-order valence-electron chi connectivity index (χ0n) is 11.0. The molecule has 0 aromatic heterocycles. The molecule has 0 aliphatic rings. The summed E-state index contributed by atoms with van der Waals surface area (Å²) in [5.74, 6) is 0. The van der Waals surface area contributed by atoms with Crippen molar-refractivity contribution in [2.24, 2.45) is 0 Å². The lowest BCUT2D eigenvalue weighted by atomic mass is 10.1. The van der Waals surface area contributed by atoms with Crippen molar-refractivity contribution >= 4 is 51.3 Å². The predicted molar refractivity (Wildman–Crippen MR) is 92.7 cm³/mol. The van der Waals surface area contributed by atoms with Crippen LogP contribution in [0.1, 0.15) is 5.56 Å². The van der Waals surface area contributed by atoms with Crippen molar-refractivity contribution in [1.82, 2.24) is 0 Å². The molecule has 1 N–H and O–H groups in total. The summed E-state index contributed by atoms with van der Waals surface area (Å²) in [5, 5.41) is 7.28. The highest BCUT2D eigenvalue weighted by Gasteiger charge is 2.07. The normalized spacial score (nSPS) is 10.8. The highest BCUT2D eigenvalue weighted by Crippen LogP contribution is 2.34. The third-order valence-electron chi connectivity index (χ3n) is 3.29. The first-order chi connectivity index (χ1) is 10.1. The van der Waals surface area contributed by atoms with E-state index in [0.29, 0.717) is 27.3 Å². The van der Waals surface area contributed by atoms with Crippen LogP contribution in [0.15, 0.2) is 54.6 Å². The van der Waals surface area contributed by atoms with Crippen LogP contribution in [0.3, 0.4) is 0 Å². The van der Waals surface area contributed by atoms with E-state index in [-0.39, 0.29) is 0 Å². The molecule has 3 aromatic carbocycles. The Morgan fingerprint density at radius 3 is 2.14 bits per heavy atom. The van der Waals surface area contributed by atoms with Crippen LogP contribution in [0.4, 0.5) is 5.69 Å². The van der Waals surface area contributed by atoms with Gasteiger partial charge in [0.1, 0.15) is 0 Å². The zero-order valence-corrected chi connectivity index (χ0v) is 13.3. The second kappa shape index (κ2) is 6.15. The zero-order chi connectivity index (χ0) is 14.8. The molecular formula is C17H12Cl3N. The van der Waals surface area contributed by atoms with E-state index in [1.165, 1.54) is 10.8 Å². The summed E-state index contributed by atoms with van der Waals surface area (Å²) in [6.45, 7) is 0.645. The number of anilines is 1. The molecule has 4 heteroatoms. The van der Waals surface area contributed by atoms with Crippen molar-refractivity contribution in [2.75, 3.05) is 5.32 Å². The van der Waals surface area contributed by atoms with Gasteiger partial charge in [0.2, 0.25) is 0 Å². The van der Waals surface area contributed by atoms with Crippen LogP contribution in [-0.2, 0) is 6.54 Å². The Labute approximate surface area is 138 Å². The smallest absolute Gasteiger partial charge is 0.0722 e. The molecular weight excluding hydrogens is 325 g/mol. The molecule has 0 bridgehead atoms. The first kappa shape index (κ1) is 14.5. The van der Waals surface area contributed by atoms with E-state index in [4.69, 9.17) is 34.8 Å². The van der Waals surface area contributed by atoms with Crippen LogP contribution in [0, 0.1) is 0 Å². The topological polar surface area (TPSA) is 12.0 Å². The van der Waals surface area contributed by atoms with Gasteiger partial charge < -0.3 is 5.32 Å². The van der Waals surface area contributed by atoms with Crippen molar-refractivity contribution in [3.63, 3.8) is 0 Å². The van der Waals surface area contributed by atoms with E-state index in [1.54, 1.807) is 12.1 Å². The minimum Gasteiger partial charge on any atom is -0.379 e. The molecule has 1 nitrogen and oxygen atoms in total. The molecule has 0 atom stereocenters. The lowest BCUT2D eigenvalue weighted by Gasteiger charge is -2.11. The highest BCUT2D eigenvalue weighted by molar-refractivity contribution is 6.41. The summed E-state index contributed by atoms with van der Waals surface area (Å²) >= 11 is 18.2. The van der Waals surface area contributed by atoms with Crippen molar-refractivity contribution in [3.8, 4) is 0 Å². The number of hydrogen-bond donors (Lipinski definition) is 1. The summed E-state index contributed by atoms with van der Waals surface area (Å²) in [6.07, 6.45) is 0. The van der Waals surface area contributed by atoms with Gasteiger partial charge in [0.05, 0.1) is 15.7 Å². The minimum atomic E-state index is 0.522. The lowest BCUT2D eigenvalue weighted by Crippen LogP contribution is -2.00. The molecule has 0 heterocycles. The van der Waals surface area contributed by atoms with Gasteiger partial charge >= 0.3 is 0 Å². The monoisotopic (exact) mass is 335 g/mol. The van der Waals surface area contributed by atoms with Crippen LogP contribution >= 0.6 is 34.8 Å². The van der Waals surface area contributed by atoms with E-state index in [2.05, 4.69) is 35.6 Å². The number of nitrogens with one attached hydrogen (secondary N) is 1. The van der Waals surface area contributed by atoms with Crippen LogP contribution in [-0.4, -0.2) is 0 Å². The summed E-state index contributed by atoms with van der Waals surface area (Å²) < 4.78 is 0. The molecule has 0 aliphatic heterocycles. The fourth-order valence-corrected chi connectivity index (χ4v) is 3.20. The molecule has 3 aromatic rings. The fourth-order valence-electron chi connectivity index (χ4n) is 2.25.